The highest BCUT2D eigenvalue weighted by Crippen LogP contribution is 2.34. The van der Waals surface area contributed by atoms with E-state index in [0.29, 0.717) is 6.42 Å². The molecule has 0 bridgehead atoms. The number of alkyl halides is 3. The Morgan fingerprint density at radius 1 is 0.938 bits per heavy atom. The molecule has 90 valence electrons. The van der Waals surface area contributed by atoms with E-state index in [9.17, 15) is 13.2 Å². The van der Waals surface area contributed by atoms with Gasteiger partial charge >= 0.3 is 6.18 Å². The van der Waals surface area contributed by atoms with E-state index in [1.54, 1.807) is 6.08 Å². The summed E-state index contributed by atoms with van der Waals surface area (Å²) in [5.74, 6) is 0. The highest BCUT2D eigenvalue weighted by atomic mass is 19.4. The summed E-state index contributed by atoms with van der Waals surface area (Å²) in [5, 5.41) is 0. The van der Waals surface area contributed by atoms with Crippen LogP contribution in [-0.4, -0.2) is 24.2 Å². The number of hydrogen-bond donors (Lipinski definition) is 0. The summed E-state index contributed by atoms with van der Waals surface area (Å²) in [4.78, 5) is 2.23. The molecule has 0 amide bonds. The third-order valence-corrected chi connectivity index (χ3v) is 3.25. The van der Waals surface area contributed by atoms with Crippen molar-refractivity contribution < 1.29 is 13.2 Å². The lowest BCUT2D eigenvalue weighted by molar-refractivity contribution is -0.0942. The van der Waals surface area contributed by atoms with Crippen molar-refractivity contribution in [3.8, 4) is 0 Å². The Bertz CT molecular complexity index is 309. The number of halogens is 3. The monoisotopic (exact) mass is 231 g/mol. The van der Waals surface area contributed by atoms with Gasteiger partial charge in [-0.05, 0) is 38.2 Å². The highest BCUT2D eigenvalue weighted by molar-refractivity contribution is 5.26. The van der Waals surface area contributed by atoms with Crippen LogP contribution in [0.4, 0.5) is 13.2 Å². The van der Waals surface area contributed by atoms with Crippen LogP contribution in [0.2, 0.25) is 0 Å². The Morgan fingerprint density at radius 3 is 2.12 bits per heavy atom. The molecule has 2 rings (SSSR count). The predicted octanol–water partition coefficient (Wildman–Crippen LogP) is 3.64. The van der Waals surface area contributed by atoms with Crippen molar-refractivity contribution in [2.75, 3.05) is 13.1 Å². The van der Waals surface area contributed by atoms with Crippen molar-refractivity contribution >= 4 is 0 Å². The van der Waals surface area contributed by atoms with Crippen LogP contribution in [0.5, 0.6) is 0 Å². The standard InChI is InChI=1S/C12H16F3N/c13-12(14,15)10-4-6-11(7-5-10)16-8-2-1-3-9-16/h4,6H,1-3,5,7-9H2. The molecular weight excluding hydrogens is 215 g/mol. The molecule has 0 aromatic heterocycles. The van der Waals surface area contributed by atoms with Gasteiger partial charge in [0.2, 0.25) is 0 Å². The Balaban J connectivity index is 2.03. The maximum atomic E-state index is 12.4. The van der Waals surface area contributed by atoms with Gasteiger partial charge in [0.05, 0.1) is 0 Å². The molecule has 0 aromatic rings. The normalized spacial score (nSPS) is 22.8. The lowest BCUT2D eigenvalue weighted by atomic mass is 10.00. The fraction of sp³-hybridized carbons (Fsp3) is 0.667. The van der Waals surface area contributed by atoms with E-state index < -0.39 is 11.7 Å². The van der Waals surface area contributed by atoms with E-state index in [1.165, 1.54) is 12.5 Å². The Labute approximate surface area is 93.6 Å². The second-order valence-corrected chi connectivity index (χ2v) is 4.40. The quantitative estimate of drug-likeness (QED) is 0.666. The second-order valence-electron chi connectivity index (χ2n) is 4.40. The number of piperidine rings is 1. The lowest BCUT2D eigenvalue weighted by Gasteiger charge is -2.32. The topological polar surface area (TPSA) is 3.24 Å². The van der Waals surface area contributed by atoms with Gasteiger partial charge in [-0.15, -0.1) is 0 Å². The van der Waals surface area contributed by atoms with Crippen LogP contribution in [-0.2, 0) is 0 Å². The molecule has 1 fully saturated rings. The van der Waals surface area contributed by atoms with Crippen LogP contribution in [0.3, 0.4) is 0 Å². The van der Waals surface area contributed by atoms with Gasteiger partial charge in [0, 0.05) is 24.4 Å². The van der Waals surface area contributed by atoms with E-state index in [-0.39, 0.29) is 6.42 Å². The Hall–Kier alpha value is -0.930. The average Bonchev–Trinajstić information content (AvgIpc) is 2.29. The van der Waals surface area contributed by atoms with Crippen LogP contribution in [0, 0.1) is 0 Å². The van der Waals surface area contributed by atoms with E-state index in [4.69, 9.17) is 0 Å². The summed E-state index contributed by atoms with van der Waals surface area (Å²) in [6, 6.07) is 0. The van der Waals surface area contributed by atoms with Crippen molar-refractivity contribution in [1.29, 1.82) is 0 Å². The molecule has 1 aliphatic heterocycles. The van der Waals surface area contributed by atoms with Gasteiger partial charge in [-0.2, -0.15) is 13.2 Å². The summed E-state index contributed by atoms with van der Waals surface area (Å²) in [5.41, 5.74) is 0.681. The third kappa shape index (κ3) is 2.60. The van der Waals surface area contributed by atoms with Crippen LogP contribution in [0.15, 0.2) is 23.4 Å². The SMILES string of the molecule is FC(F)(F)C1=CC=C(N2CCCCC2)CC1. The zero-order valence-corrected chi connectivity index (χ0v) is 9.19. The fourth-order valence-corrected chi connectivity index (χ4v) is 2.31. The van der Waals surface area contributed by atoms with Gasteiger partial charge < -0.3 is 4.90 Å². The number of allylic oxidation sites excluding steroid dienone is 4. The molecule has 1 saturated heterocycles. The Kier molecular flexibility index (Phi) is 3.26. The first-order valence-corrected chi connectivity index (χ1v) is 5.79. The van der Waals surface area contributed by atoms with Gasteiger partial charge in [-0.3, -0.25) is 0 Å². The van der Waals surface area contributed by atoms with Crippen molar-refractivity contribution in [3.05, 3.63) is 23.4 Å². The van der Waals surface area contributed by atoms with Crippen LogP contribution >= 0.6 is 0 Å². The maximum Gasteiger partial charge on any atom is 0.412 e. The second kappa shape index (κ2) is 4.52. The maximum absolute atomic E-state index is 12.4. The molecule has 0 atom stereocenters. The van der Waals surface area contributed by atoms with Crippen LogP contribution < -0.4 is 0 Å². The molecule has 1 aliphatic carbocycles. The molecule has 2 aliphatic rings. The van der Waals surface area contributed by atoms with Gasteiger partial charge in [0.25, 0.3) is 0 Å². The summed E-state index contributed by atoms with van der Waals surface area (Å²) in [7, 11) is 0. The van der Waals surface area contributed by atoms with E-state index in [0.717, 1.165) is 31.6 Å². The van der Waals surface area contributed by atoms with Crippen molar-refractivity contribution in [3.63, 3.8) is 0 Å². The first-order valence-electron chi connectivity index (χ1n) is 5.79. The van der Waals surface area contributed by atoms with Gasteiger partial charge in [0.1, 0.15) is 0 Å². The molecule has 0 spiro atoms. The number of likely N-dealkylation sites (tertiary alicyclic amines) is 1. The van der Waals surface area contributed by atoms with Crippen LogP contribution in [0.25, 0.3) is 0 Å². The number of rotatable bonds is 1. The smallest absolute Gasteiger partial charge is 0.375 e. The number of nitrogens with zero attached hydrogens (tertiary/aromatic N) is 1. The van der Waals surface area contributed by atoms with Gasteiger partial charge in [0.15, 0.2) is 0 Å². The summed E-state index contributed by atoms with van der Waals surface area (Å²) in [6.07, 6.45) is 2.97. The largest absolute Gasteiger partial charge is 0.412 e. The molecule has 0 saturated carbocycles. The Morgan fingerprint density at radius 2 is 1.62 bits per heavy atom. The lowest BCUT2D eigenvalue weighted by Crippen LogP contribution is -2.30. The zero-order valence-electron chi connectivity index (χ0n) is 9.19. The summed E-state index contributed by atoms with van der Waals surface area (Å²) >= 11 is 0. The molecule has 1 heterocycles. The average molecular weight is 231 g/mol. The molecule has 0 N–H and O–H groups in total. The minimum atomic E-state index is -4.15. The molecule has 0 radical (unpaired) electrons. The van der Waals surface area contributed by atoms with Crippen molar-refractivity contribution in [1.82, 2.24) is 4.90 Å². The zero-order chi connectivity index (χ0) is 11.6. The van der Waals surface area contributed by atoms with E-state index in [1.807, 2.05) is 0 Å². The van der Waals surface area contributed by atoms with E-state index in [2.05, 4.69) is 4.90 Å². The summed E-state index contributed by atoms with van der Waals surface area (Å²) in [6.45, 7) is 2.00. The minimum Gasteiger partial charge on any atom is -0.375 e. The fourth-order valence-electron chi connectivity index (χ4n) is 2.31. The minimum absolute atomic E-state index is 0.131. The predicted molar refractivity (Wildman–Crippen MR) is 56.9 cm³/mol. The highest BCUT2D eigenvalue weighted by Gasteiger charge is 2.34. The third-order valence-electron chi connectivity index (χ3n) is 3.25. The molecule has 4 heteroatoms. The molecule has 0 unspecified atom stereocenters. The van der Waals surface area contributed by atoms with Crippen LogP contribution in [0.1, 0.15) is 32.1 Å². The first kappa shape index (κ1) is 11.6. The summed E-state index contributed by atoms with van der Waals surface area (Å²) < 4.78 is 37.2. The van der Waals surface area contributed by atoms with Crippen molar-refractivity contribution in [2.45, 2.75) is 38.3 Å². The molecule has 1 nitrogen and oxygen atoms in total. The van der Waals surface area contributed by atoms with Crippen molar-refractivity contribution in [2.24, 2.45) is 0 Å². The molecule has 0 aromatic carbocycles. The molecular formula is C12H16F3N. The van der Waals surface area contributed by atoms with Gasteiger partial charge in [-0.1, -0.05) is 6.08 Å². The first-order chi connectivity index (χ1) is 7.57. The van der Waals surface area contributed by atoms with E-state index >= 15 is 0 Å². The number of hydrogen-bond acceptors (Lipinski definition) is 1. The van der Waals surface area contributed by atoms with Gasteiger partial charge in [-0.25, -0.2) is 0 Å². The molecule has 16 heavy (non-hydrogen) atoms.